The number of halogens is 3. The average Bonchev–Trinajstić information content (AvgIpc) is 2.57. The molecule has 2 aromatic rings. The van der Waals surface area contributed by atoms with E-state index in [2.05, 4.69) is 0 Å². The first-order valence-corrected chi connectivity index (χ1v) is 5.01. The molecule has 0 aliphatic rings. The topological polar surface area (TPSA) is 17.1 Å². The van der Waals surface area contributed by atoms with Gasteiger partial charge in [0.25, 0.3) is 0 Å². The Morgan fingerprint density at radius 1 is 1.19 bits per heavy atom. The summed E-state index contributed by atoms with van der Waals surface area (Å²) in [5, 5.41) is 0.471. The molecule has 0 saturated heterocycles. The molecule has 0 spiro atoms. The van der Waals surface area contributed by atoms with Crippen molar-refractivity contribution in [3.63, 3.8) is 0 Å². The molecule has 1 aromatic heterocycles. The summed E-state index contributed by atoms with van der Waals surface area (Å²) in [6.07, 6.45) is 0.642. The van der Waals surface area contributed by atoms with E-state index < -0.39 is 12.4 Å². The van der Waals surface area contributed by atoms with Gasteiger partial charge in [0.1, 0.15) is 0 Å². The van der Waals surface area contributed by atoms with Crippen molar-refractivity contribution in [2.45, 2.75) is 0 Å². The van der Waals surface area contributed by atoms with E-state index in [9.17, 15) is 17.7 Å². The van der Waals surface area contributed by atoms with Gasteiger partial charge in [0.15, 0.2) is 6.29 Å². The molecule has 0 unspecified atom stereocenters. The maximum Gasteiger partial charge on any atom is 1.00 e. The summed E-state index contributed by atoms with van der Waals surface area (Å²) < 4.78 is 37.9. The molecule has 0 atom stereocenters. The molecule has 0 bridgehead atoms. The predicted molar refractivity (Wildman–Crippen MR) is 55.9 cm³/mol. The van der Waals surface area contributed by atoms with Gasteiger partial charge in [-0.1, -0.05) is 12.1 Å². The molecule has 0 fully saturated rings. The Labute approximate surface area is 137 Å². The van der Waals surface area contributed by atoms with Crippen molar-refractivity contribution in [2.75, 3.05) is 0 Å². The fourth-order valence-corrected chi connectivity index (χ4v) is 2.20. The molecule has 1 nitrogen and oxygen atoms in total. The summed E-state index contributed by atoms with van der Waals surface area (Å²) in [6, 6.07) is 5.00. The monoisotopic (exact) mass is 268 g/mol. The Morgan fingerprint density at radius 2 is 1.88 bits per heavy atom. The van der Waals surface area contributed by atoms with Crippen LogP contribution in [-0.4, -0.2) is 13.3 Å². The van der Waals surface area contributed by atoms with Crippen molar-refractivity contribution in [2.24, 2.45) is 0 Å². The van der Waals surface area contributed by atoms with Gasteiger partial charge in [0.05, 0.1) is 4.88 Å². The number of hydrogen-bond donors (Lipinski definition) is 0. The van der Waals surface area contributed by atoms with Gasteiger partial charge in [-0.25, -0.2) is 0 Å². The first kappa shape index (κ1) is 14.4. The number of hydrogen-bond acceptors (Lipinski definition) is 2. The normalized spacial score (nSPS) is 11.2. The summed E-state index contributed by atoms with van der Waals surface area (Å²) in [4.78, 5) is 10.9. The van der Waals surface area contributed by atoms with Gasteiger partial charge >= 0.3 is 58.4 Å². The maximum absolute atomic E-state index is 12.4. The zero-order valence-corrected chi connectivity index (χ0v) is 12.4. The molecule has 7 heteroatoms. The smallest absolute Gasteiger partial charge is 0.445 e. The third kappa shape index (κ3) is 2.97. The van der Waals surface area contributed by atoms with Crippen LogP contribution in [0.5, 0.6) is 0 Å². The summed E-state index contributed by atoms with van der Waals surface area (Å²) in [7, 11) is 0. The summed E-state index contributed by atoms with van der Waals surface area (Å²) in [6.45, 7) is -4.97. The van der Waals surface area contributed by atoms with E-state index in [4.69, 9.17) is 0 Å². The second kappa shape index (κ2) is 5.33. The van der Waals surface area contributed by atoms with Crippen LogP contribution < -0.4 is 56.8 Å². The number of rotatable bonds is 2. The van der Waals surface area contributed by atoms with Crippen molar-refractivity contribution < 1.29 is 69.1 Å². The van der Waals surface area contributed by atoms with E-state index in [-0.39, 0.29) is 51.4 Å². The van der Waals surface area contributed by atoms with Gasteiger partial charge in [-0.15, -0.1) is 16.8 Å². The summed E-state index contributed by atoms with van der Waals surface area (Å²) in [5.41, 5.74) is -0.627. The minimum atomic E-state index is -4.97. The number of carbonyl (C=O) groups is 1. The predicted octanol–water partition coefficient (Wildman–Crippen LogP) is -0.228. The van der Waals surface area contributed by atoms with Crippen molar-refractivity contribution in [3.8, 4) is 0 Å². The fraction of sp³-hybridized carbons (Fsp3) is 0. The van der Waals surface area contributed by atoms with Gasteiger partial charge in [-0.05, 0) is 17.5 Å². The van der Waals surface area contributed by atoms with E-state index in [1.807, 2.05) is 0 Å². The van der Waals surface area contributed by atoms with Gasteiger partial charge < -0.3 is 12.9 Å². The standard InChI is InChI=1S/C9H5BF3OS.K/c11-10(12,13)7-1-2-9-6(3-7)4-8(5-14)15-9;/h1-5H;/q-1;+1. The van der Waals surface area contributed by atoms with Crippen LogP contribution in [0, 0.1) is 0 Å². The van der Waals surface area contributed by atoms with E-state index >= 15 is 0 Å². The zero-order valence-electron chi connectivity index (χ0n) is 8.41. The molecule has 0 saturated carbocycles. The molecule has 1 heterocycles. The van der Waals surface area contributed by atoms with Crippen molar-refractivity contribution in [1.29, 1.82) is 0 Å². The van der Waals surface area contributed by atoms with Crippen LogP contribution in [0.4, 0.5) is 12.9 Å². The van der Waals surface area contributed by atoms with Gasteiger partial charge in [-0.2, -0.15) is 0 Å². The van der Waals surface area contributed by atoms with E-state index in [0.717, 1.165) is 12.1 Å². The maximum atomic E-state index is 12.4. The van der Waals surface area contributed by atoms with Crippen molar-refractivity contribution in [3.05, 3.63) is 29.1 Å². The SMILES string of the molecule is O=Cc1cc2cc([B-](F)(F)F)ccc2s1.[K+]. The molecule has 0 aliphatic carbocycles. The van der Waals surface area contributed by atoms with Crippen LogP contribution in [-0.2, 0) is 0 Å². The Balaban J connectivity index is 0.00000128. The van der Waals surface area contributed by atoms with Crippen LogP contribution in [0.3, 0.4) is 0 Å². The third-order valence-electron chi connectivity index (χ3n) is 2.05. The van der Waals surface area contributed by atoms with Crippen LogP contribution in [0.25, 0.3) is 10.1 Å². The second-order valence-electron chi connectivity index (χ2n) is 3.14. The molecule has 0 radical (unpaired) electrons. The number of benzene rings is 1. The molecular formula is C9H5BF3KOS. The minimum absolute atomic E-state index is 0. The van der Waals surface area contributed by atoms with Crippen LogP contribution in [0.2, 0.25) is 0 Å². The Morgan fingerprint density at radius 3 is 2.44 bits per heavy atom. The fourth-order valence-electron chi connectivity index (χ4n) is 1.34. The summed E-state index contributed by atoms with van der Waals surface area (Å²) >= 11 is 1.19. The summed E-state index contributed by atoms with van der Waals surface area (Å²) in [5.74, 6) is 0. The Kier molecular flexibility index (Phi) is 4.79. The molecule has 0 amide bonds. The molecule has 16 heavy (non-hydrogen) atoms. The molecule has 78 valence electrons. The van der Waals surface area contributed by atoms with Gasteiger partial charge in [-0.3, -0.25) is 4.79 Å². The number of thiophene rings is 1. The van der Waals surface area contributed by atoms with E-state index in [1.54, 1.807) is 0 Å². The molecule has 2 rings (SSSR count). The zero-order chi connectivity index (χ0) is 11.1. The second-order valence-corrected chi connectivity index (χ2v) is 4.25. The van der Waals surface area contributed by atoms with E-state index in [0.29, 0.717) is 21.2 Å². The largest absolute Gasteiger partial charge is 1.00 e. The molecule has 0 aliphatic heterocycles. The number of carbonyl (C=O) groups excluding carboxylic acids is 1. The average molecular weight is 268 g/mol. The third-order valence-corrected chi connectivity index (χ3v) is 3.10. The first-order valence-electron chi connectivity index (χ1n) is 4.19. The van der Waals surface area contributed by atoms with Crippen molar-refractivity contribution >= 4 is 40.1 Å². The Bertz CT molecular complexity index is 523. The van der Waals surface area contributed by atoms with Crippen LogP contribution >= 0.6 is 11.3 Å². The van der Waals surface area contributed by atoms with Crippen LogP contribution in [0.1, 0.15) is 9.67 Å². The minimum Gasteiger partial charge on any atom is -0.445 e. The molecular weight excluding hydrogens is 263 g/mol. The number of aldehydes is 1. The quantitative estimate of drug-likeness (QED) is 0.543. The number of fused-ring (bicyclic) bond motifs is 1. The van der Waals surface area contributed by atoms with E-state index in [1.165, 1.54) is 23.5 Å². The van der Waals surface area contributed by atoms with Gasteiger partial charge in [0, 0.05) is 4.70 Å². The first-order chi connectivity index (χ1) is 7.00. The van der Waals surface area contributed by atoms with Gasteiger partial charge in [0.2, 0.25) is 0 Å². The van der Waals surface area contributed by atoms with Crippen molar-refractivity contribution in [1.82, 2.24) is 0 Å². The Hall–Kier alpha value is 0.341. The molecule has 0 N–H and O–H groups in total. The van der Waals surface area contributed by atoms with Crippen LogP contribution in [0.15, 0.2) is 24.3 Å². The molecule has 1 aromatic carbocycles.